The SMILES string of the molecule is CCN(CCCNC(=NC)NCC1CCCO1)c1ccccc1. The van der Waals surface area contributed by atoms with E-state index in [0.717, 1.165) is 51.6 Å². The van der Waals surface area contributed by atoms with Gasteiger partial charge in [-0.25, -0.2) is 0 Å². The molecule has 0 bridgehead atoms. The highest BCUT2D eigenvalue weighted by atomic mass is 16.5. The summed E-state index contributed by atoms with van der Waals surface area (Å²) in [5, 5.41) is 6.73. The van der Waals surface area contributed by atoms with Crippen LogP contribution in [-0.4, -0.2) is 51.9 Å². The van der Waals surface area contributed by atoms with Crippen molar-refractivity contribution in [3.63, 3.8) is 0 Å². The third-order valence-corrected chi connectivity index (χ3v) is 4.15. The molecule has 1 aliphatic heterocycles. The van der Waals surface area contributed by atoms with E-state index in [1.54, 1.807) is 0 Å². The highest BCUT2D eigenvalue weighted by Crippen LogP contribution is 2.12. The second kappa shape index (κ2) is 10.1. The molecular formula is C18H30N4O. The van der Waals surface area contributed by atoms with Crippen molar-refractivity contribution >= 4 is 11.6 Å². The average Bonchev–Trinajstić information content (AvgIpc) is 3.12. The van der Waals surface area contributed by atoms with Gasteiger partial charge in [-0.1, -0.05) is 18.2 Å². The van der Waals surface area contributed by atoms with Crippen molar-refractivity contribution in [2.24, 2.45) is 4.99 Å². The average molecular weight is 318 g/mol. The first-order valence-electron chi connectivity index (χ1n) is 8.69. The summed E-state index contributed by atoms with van der Waals surface area (Å²) < 4.78 is 5.62. The Labute approximate surface area is 140 Å². The van der Waals surface area contributed by atoms with Crippen LogP contribution < -0.4 is 15.5 Å². The van der Waals surface area contributed by atoms with Crippen LogP contribution in [0, 0.1) is 0 Å². The molecule has 0 aliphatic carbocycles. The van der Waals surface area contributed by atoms with E-state index >= 15 is 0 Å². The number of anilines is 1. The van der Waals surface area contributed by atoms with E-state index in [0.29, 0.717) is 6.10 Å². The van der Waals surface area contributed by atoms with Crippen LogP contribution in [0.1, 0.15) is 26.2 Å². The van der Waals surface area contributed by atoms with Crippen LogP contribution in [0.5, 0.6) is 0 Å². The maximum Gasteiger partial charge on any atom is 0.191 e. The minimum absolute atomic E-state index is 0.335. The third-order valence-electron chi connectivity index (χ3n) is 4.15. The molecule has 0 amide bonds. The predicted octanol–water partition coefficient (Wildman–Crippen LogP) is 2.25. The number of rotatable bonds is 8. The first kappa shape index (κ1) is 17.6. The molecule has 2 rings (SSSR count). The van der Waals surface area contributed by atoms with Gasteiger partial charge in [-0.05, 0) is 38.3 Å². The Hall–Kier alpha value is -1.75. The zero-order valence-corrected chi connectivity index (χ0v) is 14.4. The maximum absolute atomic E-state index is 5.62. The van der Waals surface area contributed by atoms with Crippen molar-refractivity contribution in [3.8, 4) is 0 Å². The van der Waals surface area contributed by atoms with Crippen LogP contribution in [0.2, 0.25) is 0 Å². The zero-order valence-electron chi connectivity index (χ0n) is 14.4. The molecule has 0 radical (unpaired) electrons. The zero-order chi connectivity index (χ0) is 16.3. The highest BCUT2D eigenvalue weighted by Gasteiger charge is 2.15. The fourth-order valence-electron chi connectivity index (χ4n) is 2.82. The Bertz CT molecular complexity index is 457. The number of para-hydroxylation sites is 1. The fraction of sp³-hybridized carbons (Fsp3) is 0.611. The smallest absolute Gasteiger partial charge is 0.191 e. The van der Waals surface area contributed by atoms with Crippen molar-refractivity contribution in [3.05, 3.63) is 30.3 Å². The van der Waals surface area contributed by atoms with Gasteiger partial charge in [0.25, 0.3) is 0 Å². The van der Waals surface area contributed by atoms with Crippen LogP contribution in [0.3, 0.4) is 0 Å². The molecule has 2 N–H and O–H groups in total. The number of guanidine groups is 1. The first-order valence-corrected chi connectivity index (χ1v) is 8.69. The largest absolute Gasteiger partial charge is 0.376 e. The number of aliphatic imine (C=N–C) groups is 1. The van der Waals surface area contributed by atoms with Gasteiger partial charge in [0.1, 0.15) is 0 Å². The van der Waals surface area contributed by atoms with Crippen molar-refractivity contribution in [2.75, 3.05) is 44.7 Å². The molecule has 1 fully saturated rings. The van der Waals surface area contributed by atoms with E-state index in [9.17, 15) is 0 Å². The fourth-order valence-corrected chi connectivity index (χ4v) is 2.82. The summed E-state index contributed by atoms with van der Waals surface area (Å²) in [5.74, 6) is 0.864. The first-order chi connectivity index (χ1) is 11.3. The van der Waals surface area contributed by atoms with Gasteiger partial charge in [0.15, 0.2) is 5.96 Å². The number of nitrogens with one attached hydrogen (secondary N) is 2. The summed E-state index contributed by atoms with van der Waals surface area (Å²) >= 11 is 0. The normalized spacial score (nSPS) is 18.0. The number of hydrogen-bond donors (Lipinski definition) is 2. The van der Waals surface area contributed by atoms with Gasteiger partial charge in [0, 0.05) is 45.5 Å². The molecule has 0 aromatic heterocycles. The summed E-state index contributed by atoms with van der Waals surface area (Å²) in [7, 11) is 1.81. The molecule has 0 saturated carbocycles. The van der Waals surface area contributed by atoms with Crippen molar-refractivity contribution in [1.82, 2.24) is 10.6 Å². The minimum atomic E-state index is 0.335. The quantitative estimate of drug-likeness (QED) is 0.438. The standard InChI is InChI=1S/C18H30N4O/c1-3-22(16-9-5-4-6-10-16)13-8-12-20-18(19-2)21-15-17-11-7-14-23-17/h4-6,9-10,17H,3,7-8,11-15H2,1-2H3,(H2,19,20,21). The van der Waals surface area contributed by atoms with Gasteiger partial charge in [-0.2, -0.15) is 0 Å². The van der Waals surface area contributed by atoms with Crippen LogP contribution in [0.15, 0.2) is 35.3 Å². The molecule has 23 heavy (non-hydrogen) atoms. The topological polar surface area (TPSA) is 48.9 Å². The molecule has 1 aromatic carbocycles. The van der Waals surface area contributed by atoms with Gasteiger partial charge < -0.3 is 20.3 Å². The van der Waals surface area contributed by atoms with Gasteiger partial charge in [-0.3, -0.25) is 4.99 Å². The van der Waals surface area contributed by atoms with Crippen LogP contribution in [0.25, 0.3) is 0 Å². The lowest BCUT2D eigenvalue weighted by molar-refractivity contribution is 0.114. The molecule has 1 heterocycles. The van der Waals surface area contributed by atoms with Gasteiger partial charge in [0.2, 0.25) is 0 Å². The molecule has 128 valence electrons. The molecule has 1 saturated heterocycles. The summed E-state index contributed by atoms with van der Waals surface area (Å²) in [6, 6.07) is 10.6. The van der Waals surface area contributed by atoms with Crippen molar-refractivity contribution in [1.29, 1.82) is 0 Å². The molecule has 1 unspecified atom stereocenters. The van der Waals surface area contributed by atoms with Crippen LogP contribution >= 0.6 is 0 Å². The molecule has 0 spiro atoms. The van der Waals surface area contributed by atoms with Gasteiger partial charge in [-0.15, -0.1) is 0 Å². The number of hydrogen-bond acceptors (Lipinski definition) is 3. The van der Waals surface area contributed by atoms with E-state index in [1.807, 2.05) is 7.05 Å². The second-order valence-electron chi connectivity index (χ2n) is 5.78. The Morgan fingerprint density at radius 1 is 1.30 bits per heavy atom. The molecule has 1 atom stereocenters. The third kappa shape index (κ3) is 6.10. The number of benzene rings is 1. The Morgan fingerprint density at radius 3 is 2.78 bits per heavy atom. The molecule has 5 heteroatoms. The lowest BCUT2D eigenvalue weighted by Gasteiger charge is -2.23. The van der Waals surface area contributed by atoms with E-state index in [2.05, 4.69) is 57.8 Å². The molecule has 5 nitrogen and oxygen atoms in total. The van der Waals surface area contributed by atoms with E-state index in [1.165, 1.54) is 12.1 Å². The van der Waals surface area contributed by atoms with E-state index < -0.39 is 0 Å². The predicted molar refractivity (Wildman–Crippen MR) is 97.3 cm³/mol. The molecule has 1 aromatic rings. The summed E-state index contributed by atoms with van der Waals surface area (Å²) in [6.07, 6.45) is 3.72. The van der Waals surface area contributed by atoms with Crippen molar-refractivity contribution in [2.45, 2.75) is 32.3 Å². The summed E-state index contributed by atoms with van der Waals surface area (Å²) in [4.78, 5) is 6.66. The highest BCUT2D eigenvalue weighted by molar-refractivity contribution is 5.79. The van der Waals surface area contributed by atoms with Crippen LogP contribution in [0.4, 0.5) is 5.69 Å². The lowest BCUT2D eigenvalue weighted by atomic mass is 10.2. The van der Waals surface area contributed by atoms with Gasteiger partial charge >= 0.3 is 0 Å². The maximum atomic E-state index is 5.62. The number of nitrogens with zero attached hydrogens (tertiary/aromatic N) is 2. The Morgan fingerprint density at radius 2 is 2.13 bits per heavy atom. The monoisotopic (exact) mass is 318 g/mol. The lowest BCUT2D eigenvalue weighted by Crippen LogP contribution is -2.42. The minimum Gasteiger partial charge on any atom is -0.376 e. The summed E-state index contributed by atoms with van der Waals surface area (Å²) in [6.45, 7) is 6.90. The summed E-state index contributed by atoms with van der Waals surface area (Å²) in [5.41, 5.74) is 1.29. The second-order valence-corrected chi connectivity index (χ2v) is 5.78. The van der Waals surface area contributed by atoms with E-state index in [4.69, 9.17) is 4.74 Å². The molecular weight excluding hydrogens is 288 g/mol. The van der Waals surface area contributed by atoms with E-state index in [-0.39, 0.29) is 0 Å². The molecule has 1 aliphatic rings. The van der Waals surface area contributed by atoms with Crippen molar-refractivity contribution < 1.29 is 4.74 Å². The van der Waals surface area contributed by atoms with Crippen LogP contribution in [-0.2, 0) is 4.74 Å². The Balaban J connectivity index is 1.64. The number of ether oxygens (including phenoxy) is 1. The van der Waals surface area contributed by atoms with Gasteiger partial charge in [0.05, 0.1) is 6.10 Å². The Kier molecular flexibility index (Phi) is 7.73.